The Labute approximate surface area is 464 Å². The third-order valence-corrected chi connectivity index (χ3v) is 20.1. The Morgan fingerprint density at radius 3 is 2.52 bits per heavy atom. The Hall–Kier alpha value is -5.58. The van der Waals surface area contributed by atoms with Crippen LogP contribution >= 0.6 is 23.5 Å². The monoisotopic (exact) mass is 1150 g/mol. The number of rotatable bonds is 16. The van der Waals surface area contributed by atoms with Crippen LogP contribution in [0.3, 0.4) is 0 Å². The van der Waals surface area contributed by atoms with Crippen LogP contribution in [0.15, 0.2) is 55.0 Å². The van der Waals surface area contributed by atoms with Crippen molar-refractivity contribution < 1.29 is 60.7 Å². The SMILES string of the molecule is CCN1c2cc3c(cc2C(C)CC1(C)C)C(c1ccccc1C(=O)N(C)CCCC(=O)NCC#Cc1cn([C@H]2CC[C@@H](COP(=O)(O)OP(=O)([O-])OP(=O)(O)O)O2)c2ncnc(N)c12)=c1cc2c4c(c1C3(C)C)CCC[N+]=4CCC2. The molecule has 0 radical (unpaired) electrons. The van der Waals surface area contributed by atoms with E-state index < -0.39 is 42.4 Å². The highest BCUT2D eigenvalue weighted by Gasteiger charge is 2.43. The molecule has 5 atom stereocenters. The highest BCUT2D eigenvalue weighted by Crippen LogP contribution is 2.64. The molecule has 0 saturated carbocycles. The minimum atomic E-state index is -5.93. The summed E-state index contributed by atoms with van der Waals surface area (Å²) in [6.45, 7) is 16.9. The van der Waals surface area contributed by atoms with E-state index in [4.69, 9.17) is 24.8 Å². The van der Waals surface area contributed by atoms with Crippen LogP contribution in [0.25, 0.3) is 16.6 Å². The predicted molar refractivity (Wildman–Crippen MR) is 299 cm³/mol. The number of amides is 2. The summed E-state index contributed by atoms with van der Waals surface area (Å²) < 4.78 is 57.2. The van der Waals surface area contributed by atoms with Gasteiger partial charge in [-0.25, -0.2) is 32.3 Å². The van der Waals surface area contributed by atoms with Crippen LogP contribution in [-0.2, 0) is 54.6 Å². The van der Waals surface area contributed by atoms with Gasteiger partial charge in [-0.05, 0) is 128 Å². The Kier molecular flexibility index (Phi) is 15.8. The zero-order chi connectivity index (χ0) is 57.3. The first-order valence-electron chi connectivity index (χ1n) is 27.2. The van der Waals surface area contributed by atoms with Gasteiger partial charge in [0.05, 0.1) is 30.2 Å². The molecule has 3 unspecified atom stereocenters. The third kappa shape index (κ3) is 11.3. The summed E-state index contributed by atoms with van der Waals surface area (Å²) in [5.74, 6) is 6.11. The fraction of sp³-hybridized carbons (Fsp3) is 0.482. The van der Waals surface area contributed by atoms with Gasteiger partial charge in [0, 0.05) is 78.9 Å². The van der Waals surface area contributed by atoms with Crippen molar-refractivity contribution in [2.45, 2.75) is 129 Å². The van der Waals surface area contributed by atoms with Gasteiger partial charge in [0.1, 0.15) is 37.1 Å². The van der Waals surface area contributed by atoms with Crippen molar-refractivity contribution in [3.63, 3.8) is 0 Å². The minimum Gasteiger partial charge on any atom is -0.756 e. The average Bonchev–Trinajstić information content (AvgIpc) is 4.06. The second-order valence-electron chi connectivity index (χ2n) is 22.6. The van der Waals surface area contributed by atoms with Crippen LogP contribution in [0.2, 0.25) is 0 Å². The summed E-state index contributed by atoms with van der Waals surface area (Å²) in [5.41, 5.74) is 18.8. The maximum Gasteiger partial charge on any atom is 0.478 e. The van der Waals surface area contributed by atoms with Crippen LogP contribution in [0.1, 0.15) is 153 Å². The number of nitrogen functional groups attached to an aromatic ring is 1. The number of phosphoric ester groups is 1. The molecule has 0 bridgehead atoms. The molecular weight excluding hydrogens is 1090 g/mol. The van der Waals surface area contributed by atoms with Crippen molar-refractivity contribution >= 4 is 63.4 Å². The minimum absolute atomic E-state index is 0.00109. The van der Waals surface area contributed by atoms with Crippen LogP contribution in [0.4, 0.5) is 11.5 Å². The highest BCUT2D eigenvalue weighted by atomic mass is 31.3. The van der Waals surface area contributed by atoms with Crippen LogP contribution < -0.4 is 36.0 Å². The molecule has 6 N–H and O–H groups in total. The number of nitrogens with zero attached hydrogens (tertiary/aromatic N) is 6. The number of carbonyl (C=O) groups excluding carboxylic acids is 2. The third-order valence-electron chi connectivity index (χ3n) is 16.3. The molecule has 1 saturated heterocycles. The van der Waals surface area contributed by atoms with Crippen molar-refractivity contribution in [1.29, 1.82) is 0 Å². The predicted octanol–water partition coefficient (Wildman–Crippen LogP) is 5.80. The van der Waals surface area contributed by atoms with Crippen molar-refractivity contribution in [3.05, 3.63) is 116 Å². The number of fused-ring (bicyclic) bond motifs is 5. The number of hydrogen-bond acceptors (Lipinski definition) is 14. The second kappa shape index (κ2) is 22.0. The van der Waals surface area contributed by atoms with Crippen molar-refractivity contribution in [2.24, 2.45) is 0 Å². The van der Waals surface area contributed by atoms with E-state index in [9.17, 15) is 33.1 Å². The van der Waals surface area contributed by atoms with E-state index in [2.05, 4.69) is 111 Å². The molecule has 1 fully saturated rings. The van der Waals surface area contributed by atoms with Crippen LogP contribution in [0.5, 0.6) is 0 Å². The first-order valence-corrected chi connectivity index (χ1v) is 31.7. The van der Waals surface area contributed by atoms with E-state index >= 15 is 0 Å². The molecular formula is C56H69N8O13P3. The van der Waals surface area contributed by atoms with Gasteiger partial charge in [0.2, 0.25) is 11.3 Å². The van der Waals surface area contributed by atoms with Crippen molar-refractivity contribution in [2.75, 3.05) is 57.0 Å². The number of benzene rings is 3. The van der Waals surface area contributed by atoms with Gasteiger partial charge in [0.25, 0.3) is 13.7 Å². The van der Waals surface area contributed by atoms with Gasteiger partial charge in [-0.3, -0.25) is 18.7 Å². The first-order chi connectivity index (χ1) is 37.8. The quantitative estimate of drug-likeness (QED) is 0.0443. The fourth-order valence-electron chi connectivity index (χ4n) is 13.1. The zero-order valence-corrected chi connectivity index (χ0v) is 48.7. The van der Waals surface area contributed by atoms with Gasteiger partial charge in [0.15, 0.2) is 0 Å². The summed E-state index contributed by atoms with van der Waals surface area (Å²) in [4.78, 5) is 79.9. The lowest BCUT2D eigenvalue weighted by Crippen LogP contribution is -2.50. The molecule has 2 aromatic heterocycles. The molecule has 21 nitrogen and oxygen atoms in total. The number of aromatic nitrogens is 3. The molecule has 4 aliphatic heterocycles. The van der Waals surface area contributed by atoms with Gasteiger partial charge in [-0.2, -0.15) is 0 Å². The van der Waals surface area contributed by atoms with Gasteiger partial charge in [-0.1, -0.05) is 50.8 Å². The van der Waals surface area contributed by atoms with Gasteiger partial charge in [-0.15, -0.1) is 0 Å². The van der Waals surface area contributed by atoms with Crippen LogP contribution in [0, 0.1) is 11.8 Å². The number of nitrogens with one attached hydrogen (secondary N) is 1. The number of carbonyl (C=O) groups is 2. The molecule has 24 heteroatoms. The molecule has 80 heavy (non-hydrogen) atoms. The second-order valence-corrected chi connectivity index (χ2v) is 27.0. The first kappa shape index (κ1) is 57.6. The van der Waals surface area contributed by atoms with E-state index in [1.54, 1.807) is 22.7 Å². The van der Waals surface area contributed by atoms with E-state index in [1.165, 1.54) is 56.0 Å². The average molecular weight is 1160 g/mol. The molecule has 5 aliphatic rings. The molecule has 0 spiro atoms. The largest absolute Gasteiger partial charge is 0.756 e. The van der Waals surface area contributed by atoms with E-state index in [-0.39, 0.29) is 48.0 Å². The zero-order valence-electron chi connectivity index (χ0n) is 46.1. The summed E-state index contributed by atoms with van der Waals surface area (Å²) in [6, 6.07) is 15.4. The van der Waals surface area contributed by atoms with E-state index in [0.29, 0.717) is 47.5 Å². The molecule has 10 rings (SSSR count). The summed E-state index contributed by atoms with van der Waals surface area (Å²) in [6.07, 6.45) is 7.82. The molecule has 426 valence electrons. The molecule has 6 heterocycles. The number of anilines is 2. The molecule has 1 aliphatic carbocycles. The Bertz CT molecular complexity index is 3690. The summed E-state index contributed by atoms with van der Waals surface area (Å²) in [5, 5.41) is 5.94. The Morgan fingerprint density at radius 1 is 1.02 bits per heavy atom. The summed E-state index contributed by atoms with van der Waals surface area (Å²) >= 11 is 0. The standard InChI is InChI=1S/C56H69N8O13P3/c1-8-64-45-29-44-42(28-41(45)34(2)30-55(64,3)4)49(43-27-35-16-12-25-62-26-13-19-40(51(35)62)50(43)56(44,5)6)38-17-9-10-18-39(38)54(66)61(7)24-14-20-46(65)58-23-11-15-36-31-63(53-48(36)52(57)59-33-60-53)47-22-21-37(75-47)32-74-79(70,71)77-80(72,73)76-78(67,68)69/h9-10,17-18,27-29,31,33-34,37,47H,8,12-14,16,19-26,30,32H2,1-7H3,(H6-,57,58,59,60,65,67,68,69,70,71,72,73)/t34?,37-,47+/m0/s1. The topological polar surface area (TPSA) is 284 Å². The lowest BCUT2D eigenvalue weighted by atomic mass is 9.64. The number of nitrogens with two attached hydrogens (primary N) is 1. The smallest absolute Gasteiger partial charge is 0.478 e. The van der Waals surface area contributed by atoms with Gasteiger partial charge < -0.3 is 49.7 Å². The number of hydrogen-bond donors (Lipinski definition) is 5. The van der Waals surface area contributed by atoms with E-state index in [1.807, 2.05) is 18.2 Å². The fourth-order valence-corrected chi connectivity index (χ4v) is 16.1. The van der Waals surface area contributed by atoms with Crippen molar-refractivity contribution in [3.8, 4) is 11.8 Å². The molecule has 3 aromatic carbocycles. The highest BCUT2D eigenvalue weighted by molar-refractivity contribution is 7.65. The van der Waals surface area contributed by atoms with E-state index in [0.717, 1.165) is 62.9 Å². The van der Waals surface area contributed by atoms with Crippen molar-refractivity contribution in [1.82, 2.24) is 29.3 Å². The Balaban J connectivity index is 0.835. The lowest BCUT2D eigenvalue weighted by Gasteiger charge is -2.48. The van der Waals surface area contributed by atoms with Gasteiger partial charge >= 0.3 is 15.6 Å². The molecule has 2 amide bonds. The maximum atomic E-state index is 14.9. The maximum absolute atomic E-state index is 14.9. The number of ether oxygens (including phenoxy) is 1. The van der Waals surface area contributed by atoms with Crippen LogP contribution in [-0.4, -0.2) is 104 Å². The number of aryl methyl sites for hydroxylation is 1. The Morgan fingerprint density at radius 2 is 1.77 bits per heavy atom. The molecule has 5 aromatic rings. The summed E-state index contributed by atoms with van der Waals surface area (Å²) in [7, 11) is -15.2. The lowest BCUT2D eigenvalue weighted by molar-refractivity contribution is -0.211. The normalized spacial score (nSPS) is 21.3. The number of phosphoric acid groups is 3.